The van der Waals surface area contributed by atoms with Crippen molar-refractivity contribution in [1.82, 2.24) is 19.9 Å². The number of carboxylic acid groups (broad SMARTS) is 1. The van der Waals surface area contributed by atoms with Crippen molar-refractivity contribution in [3.8, 4) is 0 Å². The molecule has 0 spiro atoms. The lowest BCUT2D eigenvalue weighted by atomic mass is 9.74. The first-order valence-corrected chi connectivity index (χ1v) is 7.12. The number of hydrogen-bond acceptors (Lipinski definition) is 5. The molecule has 3 rings (SSSR count). The van der Waals surface area contributed by atoms with Gasteiger partial charge in [0.15, 0.2) is 11.5 Å². The summed E-state index contributed by atoms with van der Waals surface area (Å²) < 4.78 is 0. The van der Waals surface area contributed by atoms with Crippen LogP contribution in [0.2, 0.25) is 0 Å². The van der Waals surface area contributed by atoms with Gasteiger partial charge in [0, 0.05) is 13.1 Å². The SMILES string of the molecule is CC(C)(C(=O)O)C1CCCN(c2ncnc3nc[nH]c23)C1. The Morgan fingerprint density at radius 2 is 2.24 bits per heavy atom. The van der Waals surface area contributed by atoms with Gasteiger partial charge in [0.1, 0.15) is 11.8 Å². The molecule has 0 radical (unpaired) electrons. The Bertz CT molecular complexity index is 666. The van der Waals surface area contributed by atoms with Gasteiger partial charge in [0.05, 0.1) is 11.7 Å². The highest BCUT2D eigenvalue weighted by atomic mass is 16.4. The first kappa shape index (κ1) is 13.8. The van der Waals surface area contributed by atoms with Gasteiger partial charge in [-0.05, 0) is 32.6 Å². The molecule has 1 aliphatic heterocycles. The molecule has 1 atom stereocenters. The Labute approximate surface area is 122 Å². The number of aromatic nitrogens is 4. The fraction of sp³-hybridized carbons (Fsp3) is 0.571. The number of piperidine rings is 1. The van der Waals surface area contributed by atoms with E-state index in [1.807, 2.05) is 0 Å². The van der Waals surface area contributed by atoms with E-state index in [-0.39, 0.29) is 5.92 Å². The Morgan fingerprint density at radius 1 is 1.43 bits per heavy atom. The minimum absolute atomic E-state index is 0.0942. The van der Waals surface area contributed by atoms with Crippen molar-refractivity contribution in [1.29, 1.82) is 0 Å². The van der Waals surface area contributed by atoms with Crippen molar-refractivity contribution in [3.63, 3.8) is 0 Å². The molecule has 0 saturated carbocycles. The molecule has 2 aromatic heterocycles. The maximum atomic E-state index is 11.5. The van der Waals surface area contributed by atoms with Crippen LogP contribution in [0.25, 0.3) is 11.2 Å². The zero-order valence-electron chi connectivity index (χ0n) is 12.2. The number of anilines is 1. The molecule has 2 N–H and O–H groups in total. The average Bonchev–Trinajstić information content (AvgIpc) is 2.95. The maximum Gasteiger partial charge on any atom is 0.309 e. The third-order valence-electron chi connectivity index (χ3n) is 4.50. The molecule has 0 bridgehead atoms. The second-order valence-corrected chi connectivity index (χ2v) is 6.11. The fourth-order valence-corrected chi connectivity index (χ4v) is 2.93. The summed E-state index contributed by atoms with van der Waals surface area (Å²) >= 11 is 0. The number of aromatic amines is 1. The topological polar surface area (TPSA) is 95.0 Å². The molecule has 7 nitrogen and oxygen atoms in total. The van der Waals surface area contributed by atoms with Gasteiger partial charge in [0.2, 0.25) is 0 Å². The van der Waals surface area contributed by atoms with Gasteiger partial charge in [-0.3, -0.25) is 4.79 Å². The van der Waals surface area contributed by atoms with Gasteiger partial charge < -0.3 is 15.0 Å². The second-order valence-electron chi connectivity index (χ2n) is 6.11. The first-order valence-electron chi connectivity index (χ1n) is 7.12. The van der Waals surface area contributed by atoms with Crippen molar-refractivity contribution in [2.24, 2.45) is 11.3 Å². The number of fused-ring (bicyclic) bond motifs is 1. The molecule has 3 heterocycles. The van der Waals surface area contributed by atoms with Crippen LogP contribution in [0.1, 0.15) is 26.7 Å². The molecule has 1 aliphatic rings. The Kier molecular flexibility index (Phi) is 3.27. The number of hydrogen-bond donors (Lipinski definition) is 2. The van der Waals surface area contributed by atoms with Gasteiger partial charge in [-0.25, -0.2) is 15.0 Å². The van der Waals surface area contributed by atoms with Gasteiger partial charge in [-0.2, -0.15) is 0 Å². The minimum Gasteiger partial charge on any atom is -0.481 e. The van der Waals surface area contributed by atoms with Crippen molar-refractivity contribution in [3.05, 3.63) is 12.7 Å². The first-order chi connectivity index (χ1) is 10.00. The van der Waals surface area contributed by atoms with E-state index in [0.29, 0.717) is 12.2 Å². The van der Waals surface area contributed by atoms with E-state index in [1.165, 1.54) is 6.33 Å². The highest BCUT2D eigenvalue weighted by molar-refractivity contribution is 5.82. The maximum absolute atomic E-state index is 11.5. The van der Waals surface area contributed by atoms with Crippen molar-refractivity contribution >= 4 is 23.0 Å². The molecular formula is C14H19N5O2. The van der Waals surface area contributed by atoms with Crippen LogP contribution in [0, 0.1) is 11.3 Å². The molecule has 112 valence electrons. The molecule has 1 saturated heterocycles. The van der Waals surface area contributed by atoms with E-state index < -0.39 is 11.4 Å². The number of nitrogens with zero attached hydrogens (tertiary/aromatic N) is 4. The molecule has 1 fully saturated rings. The third kappa shape index (κ3) is 2.32. The lowest BCUT2D eigenvalue weighted by Crippen LogP contribution is -2.45. The Balaban J connectivity index is 1.90. The molecule has 0 aromatic carbocycles. The third-order valence-corrected chi connectivity index (χ3v) is 4.50. The number of aliphatic carboxylic acids is 1. The number of imidazole rings is 1. The molecule has 21 heavy (non-hydrogen) atoms. The molecule has 1 unspecified atom stereocenters. The Hall–Kier alpha value is -2.18. The standard InChI is InChI=1S/C14H19N5O2/c1-14(2,13(20)21)9-4-3-5-19(6-9)12-10-11(16-7-15-10)17-8-18-12/h7-9H,3-6H2,1-2H3,(H,20,21)(H,15,16,17,18). The number of carboxylic acids is 1. The van der Waals surface area contributed by atoms with E-state index in [0.717, 1.165) is 30.7 Å². The van der Waals surface area contributed by atoms with Crippen LogP contribution in [0.15, 0.2) is 12.7 Å². The second kappa shape index (κ2) is 4.98. The van der Waals surface area contributed by atoms with Crippen molar-refractivity contribution in [2.45, 2.75) is 26.7 Å². The molecule has 0 amide bonds. The van der Waals surface area contributed by atoms with Crippen LogP contribution < -0.4 is 4.90 Å². The number of carbonyl (C=O) groups is 1. The van der Waals surface area contributed by atoms with Crippen LogP contribution in [-0.2, 0) is 4.79 Å². The lowest BCUT2D eigenvalue weighted by molar-refractivity contribution is -0.150. The predicted molar refractivity (Wildman–Crippen MR) is 78.0 cm³/mol. The zero-order valence-corrected chi connectivity index (χ0v) is 12.2. The van der Waals surface area contributed by atoms with Gasteiger partial charge >= 0.3 is 5.97 Å². The smallest absolute Gasteiger partial charge is 0.309 e. The lowest BCUT2D eigenvalue weighted by Gasteiger charge is -2.39. The Morgan fingerprint density at radius 3 is 3.00 bits per heavy atom. The van der Waals surface area contributed by atoms with Gasteiger partial charge in [-0.15, -0.1) is 0 Å². The minimum atomic E-state index is -0.747. The largest absolute Gasteiger partial charge is 0.481 e. The summed E-state index contributed by atoms with van der Waals surface area (Å²) in [5, 5.41) is 9.43. The van der Waals surface area contributed by atoms with Crippen LogP contribution in [-0.4, -0.2) is 44.1 Å². The zero-order chi connectivity index (χ0) is 15.0. The predicted octanol–water partition coefficient (Wildman–Crippen LogP) is 1.68. The van der Waals surface area contributed by atoms with Gasteiger partial charge in [0.25, 0.3) is 0 Å². The van der Waals surface area contributed by atoms with E-state index >= 15 is 0 Å². The molecular weight excluding hydrogens is 270 g/mol. The molecule has 2 aromatic rings. The summed E-state index contributed by atoms with van der Waals surface area (Å²) in [6.45, 7) is 5.16. The summed E-state index contributed by atoms with van der Waals surface area (Å²) in [7, 11) is 0. The number of H-pyrrole nitrogens is 1. The van der Waals surface area contributed by atoms with E-state index in [2.05, 4.69) is 24.8 Å². The number of nitrogens with one attached hydrogen (secondary N) is 1. The summed E-state index contributed by atoms with van der Waals surface area (Å²) in [6, 6.07) is 0. The van der Waals surface area contributed by atoms with Gasteiger partial charge in [-0.1, -0.05) is 0 Å². The van der Waals surface area contributed by atoms with Crippen molar-refractivity contribution < 1.29 is 9.90 Å². The van der Waals surface area contributed by atoms with E-state index in [9.17, 15) is 9.90 Å². The normalized spacial score (nSPS) is 19.9. The fourth-order valence-electron chi connectivity index (χ4n) is 2.93. The number of rotatable bonds is 3. The summed E-state index contributed by atoms with van der Waals surface area (Å²) in [4.78, 5) is 29.3. The van der Waals surface area contributed by atoms with Crippen LogP contribution in [0.5, 0.6) is 0 Å². The average molecular weight is 289 g/mol. The van der Waals surface area contributed by atoms with Crippen LogP contribution in [0.4, 0.5) is 5.82 Å². The summed E-state index contributed by atoms with van der Waals surface area (Å²) in [6.07, 6.45) is 4.99. The summed E-state index contributed by atoms with van der Waals surface area (Å²) in [5.41, 5.74) is 0.713. The van der Waals surface area contributed by atoms with Crippen molar-refractivity contribution in [2.75, 3.05) is 18.0 Å². The van der Waals surface area contributed by atoms with E-state index in [1.54, 1.807) is 20.2 Å². The monoisotopic (exact) mass is 289 g/mol. The molecule has 7 heteroatoms. The van der Waals surface area contributed by atoms with Crippen LogP contribution >= 0.6 is 0 Å². The molecule has 0 aliphatic carbocycles. The highest BCUT2D eigenvalue weighted by Crippen LogP contribution is 2.36. The van der Waals surface area contributed by atoms with Crippen LogP contribution in [0.3, 0.4) is 0 Å². The quantitative estimate of drug-likeness (QED) is 0.892. The summed E-state index contributed by atoms with van der Waals surface area (Å²) in [5.74, 6) is 0.156. The highest BCUT2D eigenvalue weighted by Gasteiger charge is 2.39. The van der Waals surface area contributed by atoms with E-state index in [4.69, 9.17) is 0 Å².